The molecule has 0 aromatic carbocycles. The molecule has 2 heteroatoms. The van der Waals surface area contributed by atoms with Gasteiger partial charge in [0.1, 0.15) is 0 Å². The van der Waals surface area contributed by atoms with Crippen molar-refractivity contribution in [3.05, 3.63) is 0 Å². The van der Waals surface area contributed by atoms with Gasteiger partial charge in [0.2, 0.25) is 0 Å². The fraction of sp³-hybridized carbons (Fsp3) is 0.500. The summed E-state index contributed by atoms with van der Waals surface area (Å²) in [7, 11) is 1.72. The van der Waals surface area contributed by atoms with Crippen molar-refractivity contribution in [3.8, 4) is 12.3 Å². The monoisotopic (exact) mass is 84.1 g/mol. The highest BCUT2D eigenvalue weighted by Gasteiger charge is 1.76. The Morgan fingerprint density at radius 1 is 2.00 bits per heavy atom. The zero-order chi connectivity index (χ0) is 4.99. The fourth-order valence-electron chi connectivity index (χ4n) is 0.144. The number of terminal acetylenes is 1. The minimum absolute atomic E-state index is 0.514. The van der Waals surface area contributed by atoms with Gasteiger partial charge in [-0.05, 0) is 0 Å². The van der Waals surface area contributed by atoms with Gasteiger partial charge in [-0.1, -0.05) is 5.92 Å². The average molecular weight is 84.1 g/mol. The Bertz CT molecular complexity index is 60.4. The molecule has 0 saturated heterocycles. The van der Waals surface area contributed by atoms with Gasteiger partial charge in [0.25, 0.3) is 0 Å². The van der Waals surface area contributed by atoms with Crippen LogP contribution in [0.3, 0.4) is 0 Å². The molecular weight excluding hydrogens is 76.1 g/mol. The second-order valence-electron chi connectivity index (χ2n) is 1.12. The largest absolute Gasteiger partial charge is 0.268 e. The van der Waals surface area contributed by atoms with Gasteiger partial charge in [0.05, 0.1) is 6.54 Å². The minimum atomic E-state index is 0.514. The molecule has 0 unspecified atom stereocenters. The molecule has 0 aliphatic carbocycles. The van der Waals surface area contributed by atoms with Crippen LogP contribution in [0.5, 0.6) is 0 Å². The van der Waals surface area contributed by atoms with Gasteiger partial charge in [-0.25, -0.2) is 5.01 Å². The van der Waals surface area contributed by atoms with Crippen LogP contribution in [-0.4, -0.2) is 18.6 Å². The Morgan fingerprint density at radius 2 is 2.50 bits per heavy atom. The number of hydrazine groups is 1. The molecule has 0 rings (SSSR count). The van der Waals surface area contributed by atoms with Crippen LogP contribution >= 0.6 is 0 Å². The van der Waals surface area contributed by atoms with Crippen LogP contribution in [0, 0.1) is 12.3 Å². The topological polar surface area (TPSA) is 29.3 Å². The van der Waals surface area contributed by atoms with Gasteiger partial charge >= 0.3 is 0 Å². The lowest BCUT2D eigenvalue weighted by atomic mass is 10.7. The molecule has 0 saturated carbocycles. The molecule has 0 atom stereocenters. The molecule has 0 bridgehead atoms. The lowest BCUT2D eigenvalue weighted by Crippen LogP contribution is -2.25. The normalized spacial score (nSPS) is 8.33. The van der Waals surface area contributed by atoms with E-state index in [9.17, 15) is 0 Å². The molecule has 0 fully saturated rings. The van der Waals surface area contributed by atoms with E-state index in [0.717, 1.165) is 0 Å². The first-order chi connectivity index (χ1) is 2.77. The number of hydrogen-bond acceptors (Lipinski definition) is 2. The van der Waals surface area contributed by atoms with Gasteiger partial charge in [-0.15, -0.1) is 6.42 Å². The summed E-state index contributed by atoms with van der Waals surface area (Å²) >= 11 is 0. The Kier molecular flexibility index (Phi) is 2.47. The number of nitrogens with zero attached hydrogens (tertiary/aromatic N) is 1. The summed E-state index contributed by atoms with van der Waals surface area (Å²) in [6.07, 6.45) is 4.86. The van der Waals surface area contributed by atoms with Crippen LogP contribution < -0.4 is 5.84 Å². The first kappa shape index (κ1) is 5.48. The van der Waals surface area contributed by atoms with E-state index in [1.807, 2.05) is 0 Å². The second kappa shape index (κ2) is 2.70. The van der Waals surface area contributed by atoms with E-state index in [2.05, 4.69) is 5.92 Å². The van der Waals surface area contributed by atoms with Gasteiger partial charge < -0.3 is 0 Å². The van der Waals surface area contributed by atoms with Crippen molar-refractivity contribution in [2.75, 3.05) is 13.6 Å². The van der Waals surface area contributed by atoms with Crippen LogP contribution in [-0.2, 0) is 0 Å². The number of nitrogens with two attached hydrogens (primary N) is 1. The fourth-order valence-corrected chi connectivity index (χ4v) is 0.144. The second-order valence-corrected chi connectivity index (χ2v) is 1.12. The van der Waals surface area contributed by atoms with Crippen molar-refractivity contribution in [2.45, 2.75) is 0 Å². The van der Waals surface area contributed by atoms with Crippen LogP contribution in [0.2, 0.25) is 0 Å². The van der Waals surface area contributed by atoms with E-state index in [-0.39, 0.29) is 0 Å². The maximum Gasteiger partial charge on any atom is 0.0734 e. The maximum atomic E-state index is 5.09. The third-order valence-electron chi connectivity index (χ3n) is 0.341. The number of rotatable bonds is 1. The van der Waals surface area contributed by atoms with Crippen LogP contribution in [0.1, 0.15) is 0 Å². The first-order valence-corrected chi connectivity index (χ1v) is 1.66. The molecule has 0 heterocycles. The molecule has 6 heavy (non-hydrogen) atoms. The van der Waals surface area contributed by atoms with Gasteiger partial charge in [0.15, 0.2) is 0 Å². The van der Waals surface area contributed by atoms with Crippen molar-refractivity contribution in [2.24, 2.45) is 5.84 Å². The number of hydrogen-bond donors (Lipinski definition) is 1. The van der Waals surface area contributed by atoms with E-state index in [0.29, 0.717) is 6.54 Å². The average Bonchev–Trinajstić information content (AvgIpc) is 1.35. The van der Waals surface area contributed by atoms with Crippen molar-refractivity contribution in [3.63, 3.8) is 0 Å². The molecule has 0 spiro atoms. The molecule has 2 nitrogen and oxygen atoms in total. The zero-order valence-electron chi connectivity index (χ0n) is 3.81. The first-order valence-electron chi connectivity index (χ1n) is 1.66. The molecule has 0 aliphatic heterocycles. The molecule has 2 N–H and O–H groups in total. The van der Waals surface area contributed by atoms with E-state index in [1.165, 1.54) is 5.01 Å². The van der Waals surface area contributed by atoms with Crippen LogP contribution in [0.15, 0.2) is 0 Å². The molecule has 0 aromatic rings. The van der Waals surface area contributed by atoms with Crippen LogP contribution in [0.25, 0.3) is 0 Å². The van der Waals surface area contributed by atoms with E-state index < -0.39 is 0 Å². The summed E-state index contributed by atoms with van der Waals surface area (Å²) in [5.74, 6) is 7.46. The molecule has 0 radical (unpaired) electrons. The minimum Gasteiger partial charge on any atom is -0.268 e. The summed E-state index contributed by atoms with van der Waals surface area (Å²) in [5, 5.41) is 1.44. The Labute approximate surface area is 37.9 Å². The van der Waals surface area contributed by atoms with Crippen LogP contribution in [0.4, 0.5) is 0 Å². The van der Waals surface area contributed by atoms with E-state index >= 15 is 0 Å². The lowest BCUT2D eigenvalue weighted by Gasteiger charge is -1.99. The van der Waals surface area contributed by atoms with Gasteiger partial charge in [-0.2, -0.15) is 0 Å². The third-order valence-corrected chi connectivity index (χ3v) is 0.341. The quantitative estimate of drug-likeness (QED) is 0.262. The predicted octanol–water partition coefficient (Wildman–Crippen LogP) is -0.575. The maximum absolute atomic E-state index is 5.09. The van der Waals surface area contributed by atoms with Crippen molar-refractivity contribution in [1.29, 1.82) is 0 Å². The SMILES string of the molecule is C#CCN(C)N. The molecular formula is C4H8N2. The summed E-state index contributed by atoms with van der Waals surface area (Å²) in [6, 6.07) is 0. The zero-order valence-corrected chi connectivity index (χ0v) is 3.81. The lowest BCUT2D eigenvalue weighted by molar-refractivity contribution is 0.396. The Hall–Kier alpha value is -0.520. The summed E-state index contributed by atoms with van der Waals surface area (Å²) < 4.78 is 0. The summed E-state index contributed by atoms with van der Waals surface area (Å²) in [6.45, 7) is 0.514. The highest BCUT2D eigenvalue weighted by Crippen LogP contribution is 1.58. The van der Waals surface area contributed by atoms with Gasteiger partial charge in [-0.3, -0.25) is 5.84 Å². The standard InChI is InChI=1S/C4H8N2/c1-3-4-6(2)5/h1H,4-5H2,2H3. The highest BCUT2D eigenvalue weighted by atomic mass is 15.4. The molecule has 0 aliphatic rings. The summed E-state index contributed by atoms with van der Waals surface area (Å²) in [5.41, 5.74) is 0. The highest BCUT2D eigenvalue weighted by molar-refractivity contribution is 4.85. The molecule has 0 aromatic heterocycles. The summed E-state index contributed by atoms with van der Waals surface area (Å²) in [4.78, 5) is 0. The van der Waals surface area contributed by atoms with E-state index in [4.69, 9.17) is 12.3 Å². The van der Waals surface area contributed by atoms with Gasteiger partial charge in [0, 0.05) is 7.05 Å². The Morgan fingerprint density at radius 3 is 2.50 bits per heavy atom. The smallest absolute Gasteiger partial charge is 0.0734 e. The molecule has 0 amide bonds. The third kappa shape index (κ3) is 3.48. The van der Waals surface area contributed by atoms with Crippen molar-refractivity contribution >= 4 is 0 Å². The Balaban J connectivity index is 2.88. The van der Waals surface area contributed by atoms with E-state index in [1.54, 1.807) is 7.05 Å². The molecule has 34 valence electrons. The predicted molar refractivity (Wildman–Crippen MR) is 25.7 cm³/mol. The van der Waals surface area contributed by atoms with Crippen molar-refractivity contribution in [1.82, 2.24) is 5.01 Å². The van der Waals surface area contributed by atoms with Crippen molar-refractivity contribution < 1.29 is 0 Å².